The normalized spacial score (nSPS) is 21.1. The Morgan fingerprint density at radius 1 is 1.23 bits per heavy atom. The highest BCUT2D eigenvalue weighted by molar-refractivity contribution is 5.16. The van der Waals surface area contributed by atoms with E-state index in [1.807, 2.05) is 0 Å². The molecule has 1 aliphatic rings. The molecule has 1 N–H and O–H groups in total. The van der Waals surface area contributed by atoms with Crippen LogP contribution in [0, 0.1) is 0 Å². The Bertz CT molecular complexity index is 276. The number of allylic oxidation sites excluding steroid dienone is 1. The van der Waals surface area contributed by atoms with Gasteiger partial charge < -0.3 is 5.32 Å². The zero-order valence-corrected chi connectivity index (χ0v) is 7.74. The minimum absolute atomic E-state index is 0.632. The fourth-order valence-electron chi connectivity index (χ4n) is 1.73. The van der Waals surface area contributed by atoms with Crippen LogP contribution in [0.25, 0.3) is 0 Å². The fourth-order valence-corrected chi connectivity index (χ4v) is 1.73. The summed E-state index contributed by atoms with van der Waals surface area (Å²) in [6.45, 7) is 0. The third-order valence-corrected chi connectivity index (χ3v) is 2.46. The lowest BCUT2D eigenvalue weighted by atomic mass is 10.0. The zero-order valence-electron chi connectivity index (χ0n) is 7.74. The van der Waals surface area contributed by atoms with E-state index in [0.29, 0.717) is 6.04 Å². The van der Waals surface area contributed by atoms with Gasteiger partial charge in [-0.3, -0.25) is 0 Å². The van der Waals surface area contributed by atoms with Crippen molar-refractivity contribution in [3.63, 3.8) is 0 Å². The van der Waals surface area contributed by atoms with E-state index in [1.165, 1.54) is 18.4 Å². The van der Waals surface area contributed by atoms with Crippen LogP contribution in [0.3, 0.4) is 0 Å². The van der Waals surface area contributed by atoms with Crippen molar-refractivity contribution in [3.8, 4) is 0 Å². The SMILES string of the molecule is C1=CNC(Cc2ccccc2)CC1. The van der Waals surface area contributed by atoms with E-state index in [9.17, 15) is 0 Å². The molecule has 2 rings (SSSR count). The lowest BCUT2D eigenvalue weighted by Gasteiger charge is -2.19. The van der Waals surface area contributed by atoms with Crippen LogP contribution in [0.1, 0.15) is 18.4 Å². The monoisotopic (exact) mass is 173 g/mol. The van der Waals surface area contributed by atoms with E-state index >= 15 is 0 Å². The molecule has 0 bridgehead atoms. The summed E-state index contributed by atoms with van der Waals surface area (Å²) in [6.07, 6.45) is 7.89. The van der Waals surface area contributed by atoms with Crippen molar-refractivity contribution in [2.24, 2.45) is 0 Å². The molecule has 1 atom stereocenters. The van der Waals surface area contributed by atoms with Gasteiger partial charge >= 0.3 is 0 Å². The van der Waals surface area contributed by atoms with Gasteiger partial charge in [-0.05, 0) is 31.0 Å². The lowest BCUT2D eigenvalue weighted by Crippen LogP contribution is -2.28. The van der Waals surface area contributed by atoms with Gasteiger partial charge in [0.15, 0.2) is 0 Å². The van der Waals surface area contributed by atoms with Crippen LogP contribution >= 0.6 is 0 Å². The van der Waals surface area contributed by atoms with Gasteiger partial charge in [0.1, 0.15) is 0 Å². The molecule has 0 radical (unpaired) electrons. The van der Waals surface area contributed by atoms with Gasteiger partial charge in [0.25, 0.3) is 0 Å². The van der Waals surface area contributed by atoms with Crippen LogP contribution in [-0.2, 0) is 6.42 Å². The predicted molar refractivity (Wildman–Crippen MR) is 55.4 cm³/mol. The Balaban J connectivity index is 1.94. The van der Waals surface area contributed by atoms with Crippen LogP contribution in [-0.4, -0.2) is 6.04 Å². The maximum Gasteiger partial charge on any atom is 0.0298 e. The maximum atomic E-state index is 3.39. The molecule has 1 aliphatic heterocycles. The summed E-state index contributed by atoms with van der Waals surface area (Å²) in [7, 11) is 0. The van der Waals surface area contributed by atoms with Gasteiger partial charge in [0, 0.05) is 6.04 Å². The number of rotatable bonds is 2. The van der Waals surface area contributed by atoms with E-state index < -0.39 is 0 Å². The Kier molecular flexibility index (Phi) is 2.65. The third-order valence-electron chi connectivity index (χ3n) is 2.46. The van der Waals surface area contributed by atoms with Crippen LogP contribution in [0.2, 0.25) is 0 Å². The molecule has 0 saturated heterocycles. The van der Waals surface area contributed by atoms with Crippen LogP contribution in [0.5, 0.6) is 0 Å². The zero-order chi connectivity index (χ0) is 8.93. The number of hydrogen-bond acceptors (Lipinski definition) is 1. The van der Waals surface area contributed by atoms with Gasteiger partial charge in [-0.1, -0.05) is 36.4 Å². The number of hydrogen-bond donors (Lipinski definition) is 1. The average Bonchev–Trinajstić information content (AvgIpc) is 2.21. The molecule has 1 aromatic rings. The van der Waals surface area contributed by atoms with Crippen LogP contribution in [0.4, 0.5) is 0 Å². The molecule has 0 aromatic heterocycles. The molecule has 1 unspecified atom stereocenters. The van der Waals surface area contributed by atoms with E-state index in [0.717, 1.165) is 6.42 Å². The highest BCUT2D eigenvalue weighted by atomic mass is 14.9. The van der Waals surface area contributed by atoms with Crippen molar-refractivity contribution in [2.75, 3.05) is 0 Å². The van der Waals surface area contributed by atoms with Gasteiger partial charge in [-0.25, -0.2) is 0 Å². The topological polar surface area (TPSA) is 12.0 Å². The average molecular weight is 173 g/mol. The summed E-state index contributed by atoms with van der Waals surface area (Å²) in [6, 6.07) is 11.3. The van der Waals surface area contributed by atoms with Crippen LogP contribution in [0.15, 0.2) is 42.6 Å². The molecule has 68 valence electrons. The smallest absolute Gasteiger partial charge is 0.0298 e. The first-order chi connectivity index (χ1) is 6.45. The molecule has 1 nitrogen and oxygen atoms in total. The highest BCUT2D eigenvalue weighted by Gasteiger charge is 2.08. The van der Waals surface area contributed by atoms with Crippen LogP contribution < -0.4 is 5.32 Å². The standard InChI is InChI=1S/C12H15N/c1-2-6-11(7-3-1)10-12-8-4-5-9-13-12/h1-3,5-7,9,12-13H,4,8,10H2. The summed E-state index contributed by atoms with van der Waals surface area (Å²) in [5.74, 6) is 0. The van der Waals surface area contributed by atoms with Gasteiger partial charge in [-0.15, -0.1) is 0 Å². The second kappa shape index (κ2) is 4.13. The molecule has 1 aromatic carbocycles. The first-order valence-corrected chi connectivity index (χ1v) is 4.90. The Morgan fingerprint density at radius 3 is 2.77 bits per heavy atom. The first-order valence-electron chi connectivity index (χ1n) is 4.90. The number of benzene rings is 1. The lowest BCUT2D eigenvalue weighted by molar-refractivity contribution is 0.524. The van der Waals surface area contributed by atoms with E-state index in [2.05, 4.69) is 47.9 Å². The molecule has 0 amide bonds. The second-order valence-corrected chi connectivity index (χ2v) is 3.53. The third kappa shape index (κ3) is 2.35. The van der Waals surface area contributed by atoms with Gasteiger partial charge in [-0.2, -0.15) is 0 Å². The van der Waals surface area contributed by atoms with Crippen molar-refractivity contribution in [1.82, 2.24) is 5.32 Å². The van der Waals surface area contributed by atoms with E-state index in [-0.39, 0.29) is 0 Å². The largest absolute Gasteiger partial charge is 0.388 e. The minimum Gasteiger partial charge on any atom is -0.388 e. The number of nitrogens with one attached hydrogen (secondary N) is 1. The molecule has 13 heavy (non-hydrogen) atoms. The summed E-state index contributed by atoms with van der Waals surface area (Å²) in [5, 5.41) is 3.39. The molecular formula is C12H15N. The summed E-state index contributed by atoms with van der Waals surface area (Å²) in [4.78, 5) is 0. The van der Waals surface area contributed by atoms with Gasteiger partial charge in [0.05, 0.1) is 0 Å². The predicted octanol–water partition coefficient (Wildman–Crippen LogP) is 2.49. The highest BCUT2D eigenvalue weighted by Crippen LogP contribution is 2.10. The summed E-state index contributed by atoms with van der Waals surface area (Å²) >= 11 is 0. The summed E-state index contributed by atoms with van der Waals surface area (Å²) < 4.78 is 0. The molecule has 0 fully saturated rings. The summed E-state index contributed by atoms with van der Waals surface area (Å²) in [5.41, 5.74) is 1.43. The minimum atomic E-state index is 0.632. The Labute approximate surface area is 79.5 Å². The second-order valence-electron chi connectivity index (χ2n) is 3.53. The molecule has 0 aliphatic carbocycles. The quantitative estimate of drug-likeness (QED) is 0.724. The first kappa shape index (κ1) is 8.36. The Morgan fingerprint density at radius 2 is 2.08 bits per heavy atom. The van der Waals surface area contributed by atoms with Crippen molar-refractivity contribution in [2.45, 2.75) is 25.3 Å². The maximum absolute atomic E-state index is 3.39. The van der Waals surface area contributed by atoms with Crippen molar-refractivity contribution in [1.29, 1.82) is 0 Å². The molecular weight excluding hydrogens is 158 g/mol. The molecule has 0 saturated carbocycles. The molecule has 1 heterocycles. The van der Waals surface area contributed by atoms with Crippen molar-refractivity contribution >= 4 is 0 Å². The Hall–Kier alpha value is -1.24. The van der Waals surface area contributed by atoms with Crippen molar-refractivity contribution in [3.05, 3.63) is 48.2 Å². The molecule has 0 spiro atoms. The van der Waals surface area contributed by atoms with Gasteiger partial charge in [0.2, 0.25) is 0 Å². The fraction of sp³-hybridized carbons (Fsp3) is 0.333. The van der Waals surface area contributed by atoms with E-state index in [1.54, 1.807) is 0 Å². The van der Waals surface area contributed by atoms with Crippen molar-refractivity contribution < 1.29 is 0 Å². The van der Waals surface area contributed by atoms with E-state index in [4.69, 9.17) is 0 Å². The molecule has 1 heteroatoms.